The first-order valence-electron chi connectivity index (χ1n) is 19.0. The molecule has 0 saturated carbocycles. The Labute approximate surface area is 325 Å². The number of fused-ring (bicyclic) bond motifs is 9. The molecular weight excluding hydrogens is 701 g/mol. The molecule has 0 unspecified atom stereocenters. The second kappa shape index (κ2) is 12.3. The average Bonchev–Trinajstić information content (AvgIpc) is 3.96. The number of aromatic nitrogens is 4. The molecule has 12 aromatic rings. The van der Waals surface area contributed by atoms with Crippen LogP contribution in [0.3, 0.4) is 0 Å². The number of hydrogen-bond donors (Lipinski definition) is 0. The topological polar surface area (TPSA) is 69.9 Å². The smallest absolute Gasteiger partial charge is 0.167 e. The van der Waals surface area contributed by atoms with Crippen molar-refractivity contribution in [1.29, 1.82) is 0 Å². The molecule has 6 nitrogen and oxygen atoms in total. The molecule has 6 heteroatoms. The Balaban J connectivity index is 1.06. The van der Waals surface area contributed by atoms with Crippen molar-refractivity contribution in [1.82, 2.24) is 19.5 Å². The zero-order valence-corrected chi connectivity index (χ0v) is 30.4. The van der Waals surface area contributed by atoms with Crippen LogP contribution in [0.25, 0.3) is 117 Å². The first kappa shape index (κ1) is 31.5. The predicted octanol–water partition coefficient (Wildman–Crippen LogP) is 13.4. The molecule has 0 fully saturated rings. The van der Waals surface area contributed by atoms with Crippen LogP contribution < -0.4 is 0 Å². The van der Waals surface area contributed by atoms with Gasteiger partial charge in [0.05, 0.1) is 22.2 Å². The van der Waals surface area contributed by atoms with E-state index >= 15 is 0 Å². The highest BCUT2D eigenvalue weighted by Gasteiger charge is 2.22. The second-order valence-corrected chi connectivity index (χ2v) is 14.3. The van der Waals surface area contributed by atoms with Gasteiger partial charge >= 0.3 is 0 Å². The van der Waals surface area contributed by atoms with Gasteiger partial charge in [0, 0.05) is 43.6 Å². The Bertz CT molecular complexity index is 3530. The number of furan rings is 2. The van der Waals surface area contributed by atoms with E-state index < -0.39 is 0 Å². The maximum Gasteiger partial charge on any atom is 0.167 e. The van der Waals surface area contributed by atoms with Crippen LogP contribution in [0.1, 0.15) is 0 Å². The van der Waals surface area contributed by atoms with Crippen LogP contribution >= 0.6 is 0 Å². The fraction of sp³-hybridized carbons (Fsp3) is 0. The molecule has 266 valence electrons. The maximum atomic E-state index is 6.80. The summed E-state index contributed by atoms with van der Waals surface area (Å²) in [6, 6.07) is 62.7. The van der Waals surface area contributed by atoms with E-state index in [1.807, 2.05) is 72.8 Å². The molecule has 0 radical (unpaired) electrons. The summed E-state index contributed by atoms with van der Waals surface area (Å²) >= 11 is 0. The Morgan fingerprint density at radius 1 is 0.351 bits per heavy atom. The summed E-state index contributed by atoms with van der Waals surface area (Å²) in [5.74, 6) is 1.62. The van der Waals surface area contributed by atoms with E-state index in [2.05, 4.69) is 114 Å². The molecule has 0 N–H and O–H groups in total. The monoisotopic (exact) mass is 730 g/mol. The van der Waals surface area contributed by atoms with E-state index in [0.29, 0.717) is 17.5 Å². The van der Waals surface area contributed by atoms with Crippen molar-refractivity contribution in [2.24, 2.45) is 0 Å². The minimum atomic E-state index is 0.522. The van der Waals surface area contributed by atoms with Gasteiger partial charge in [0.25, 0.3) is 0 Å². The summed E-state index contributed by atoms with van der Waals surface area (Å²) in [6.45, 7) is 0. The standard InChI is InChI=1S/C51H30N4O2/c1-3-14-31(15-4-1)49-52-50(39-23-11-21-37-36-19-8-10-26-44(36)56-47(37)39)54-51(53-49)40-24-12-22-38-46-34(20-13-27-45(46)57-48(38)40)32-28-29-43-41(30-32)35-18-7-9-25-42(35)55(43)33-16-5-2-6-17-33/h1-30H. The Morgan fingerprint density at radius 3 is 1.72 bits per heavy atom. The van der Waals surface area contributed by atoms with Crippen molar-refractivity contribution in [3.05, 3.63) is 182 Å². The lowest BCUT2D eigenvalue weighted by Crippen LogP contribution is -2.00. The van der Waals surface area contributed by atoms with E-state index in [-0.39, 0.29) is 0 Å². The number of hydrogen-bond acceptors (Lipinski definition) is 5. The summed E-state index contributed by atoms with van der Waals surface area (Å²) in [6.07, 6.45) is 0. The van der Waals surface area contributed by atoms with Gasteiger partial charge in [-0.15, -0.1) is 0 Å². The molecule has 12 rings (SSSR count). The quantitative estimate of drug-likeness (QED) is 0.176. The van der Waals surface area contributed by atoms with Gasteiger partial charge in [0.2, 0.25) is 0 Å². The van der Waals surface area contributed by atoms with Crippen molar-refractivity contribution in [2.45, 2.75) is 0 Å². The van der Waals surface area contributed by atoms with Crippen molar-refractivity contribution in [3.8, 4) is 51.0 Å². The number of nitrogens with zero attached hydrogens (tertiary/aromatic N) is 4. The molecular formula is C51H30N4O2. The Morgan fingerprint density at radius 2 is 0.912 bits per heavy atom. The third-order valence-electron chi connectivity index (χ3n) is 11.1. The maximum absolute atomic E-state index is 6.80. The molecule has 0 spiro atoms. The summed E-state index contributed by atoms with van der Waals surface area (Å²) in [4.78, 5) is 15.3. The SMILES string of the molecule is c1ccc(-c2nc(-c3cccc4c3oc3ccccc34)nc(-c3cccc4c3oc3cccc(-c5ccc6c(c5)c5ccccc5n6-c5ccccc5)c34)n2)cc1. The van der Waals surface area contributed by atoms with E-state index in [9.17, 15) is 0 Å². The first-order chi connectivity index (χ1) is 28.3. The third-order valence-corrected chi connectivity index (χ3v) is 11.1. The molecule has 0 bridgehead atoms. The number of rotatable bonds is 5. The summed E-state index contributed by atoms with van der Waals surface area (Å²) in [5, 5.41) is 6.51. The van der Waals surface area contributed by atoms with Gasteiger partial charge < -0.3 is 13.4 Å². The van der Waals surface area contributed by atoms with Gasteiger partial charge in [-0.25, -0.2) is 15.0 Å². The minimum absolute atomic E-state index is 0.522. The van der Waals surface area contributed by atoms with Crippen LogP contribution in [-0.2, 0) is 0 Å². The average molecular weight is 731 g/mol. The van der Waals surface area contributed by atoms with E-state index in [1.54, 1.807) is 0 Å². The number of benzene rings is 8. The molecule has 0 aliphatic carbocycles. The van der Waals surface area contributed by atoms with E-state index in [4.69, 9.17) is 23.8 Å². The highest BCUT2D eigenvalue weighted by Crippen LogP contribution is 2.43. The van der Waals surface area contributed by atoms with Gasteiger partial charge in [-0.1, -0.05) is 127 Å². The molecule has 57 heavy (non-hydrogen) atoms. The molecule has 4 aromatic heterocycles. The third kappa shape index (κ3) is 4.87. The van der Waals surface area contributed by atoms with Crippen LogP contribution in [0.2, 0.25) is 0 Å². The number of para-hydroxylation sites is 5. The highest BCUT2D eigenvalue weighted by atomic mass is 16.3. The first-order valence-corrected chi connectivity index (χ1v) is 19.0. The molecule has 0 atom stereocenters. The van der Waals surface area contributed by atoms with Gasteiger partial charge in [0.15, 0.2) is 17.5 Å². The van der Waals surface area contributed by atoms with Crippen molar-refractivity contribution < 1.29 is 8.83 Å². The fourth-order valence-corrected chi connectivity index (χ4v) is 8.52. The van der Waals surface area contributed by atoms with Gasteiger partial charge in [-0.2, -0.15) is 0 Å². The van der Waals surface area contributed by atoms with E-state index in [1.165, 1.54) is 16.3 Å². The van der Waals surface area contributed by atoms with E-state index in [0.717, 1.165) is 82.9 Å². The predicted molar refractivity (Wildman–Crippen MR) is 230 cm³/mol. The molecule has 8 aromatic carbocycles. The van der Waals surface area contributed by atoms with Gasteiger partial charge in [-0.05, 0) is 65.7 Å². The zero-order chi connectivity index (χ0) is 37.5. The normalized spacial score (nSPS) is 11.9. The highest BCUT2D eigenvalue weighted by molar-refractivity contribution is 6.17. The van der Waals surface area contributed by atoms with Crippen molar-refractivity contribution in [3.63, 3.8) is 0 Å². The van der Waals surface area contributed by atoms with Crippen molar-refractivity contribution >= 4 is 65.7 Å². The lowest BCUT2D eigenvalue weighted by Gasteiger charge is -2.09. The van der Waals surface area contributed by atoms with Crippen molar-refractivity contribution in [2.75, 3.05) is 0 Å². The van der Waals surface area contributed by atoms with Crippen LogP contribution in [0, 0.1) is 0 Å². The fourth-order valence-electron chi connectivity index (χ4n) is 8.52. The Hall–Kier alpha value is -7.83. The van der Waals surface area contributed by atoms with Crippen LogP contribution in [0.5, 0.6) is 0 Å². The zero-order valence-electron chi connectivity index (χ0n) is 30.4. The van der Waals surface area contributed by atoms with Gasteiger partial charge in [-0.3, -0.25) is 0 Å². The minimum Gasteiger partial charge on any atom is -0.455 e. The second-order valence-electron chi connectivity index (χ2n) is 14.3. The molecule has 0 amide bonds. The summed E-state index contributed by atoms with van der Waals surface area (Å²) in [7, 11) is 0. The Kier molecular flexibility index (Phi) is 6.83. The van der Waals surface area contributed by atoms with Gasteiger partial charge in [0.1, 0.15) is 22.3 Å². The van der Waals surface area contributed by atoms with Crippen LogP contribution in [-0.4, -0.2) is 19.5 Å². The molecule has 0 aliphatic heterocycles. The molecule has 0 aliphatic rings. The lowest BCUT2D eigenvalue weighted by atomic mass is 9.97. The lowest BCUT2D eigenvalue weighted by molar-refractivity contribution is 0.669. The molecule has 4 heterocycles. The summed E-state index contributed by atoms with van der Waals surface area (Å²) in [5.41, 5.74) is 11.2. The largest absolute Gasteiger partial charge is 0.455 e. The summed E-state index contributed by atoms with van der Waals surface area (Å²) < 4.78 is 15.6. The van der Waals surface area contributed by atoms with Crippen LogP contribution in [0.4, 0.5) is 0 Å². The molecule has 0 saturated heterocycles. The van der Waals surface area contributed by atoms with Crippen LogP contribution in [0.15, 0.2) is 191 Å².